The average molecular weight is 266 g/mol. The van der Waals surface area contributed by atoms with Gasteiger partial charge in [-0.05, 0) is 6.07 Å². The van der Waals surface area contributed by atoms with Crippen molar-refractivity contribution in [2.45, 2.75) is 6.18 Å². The van der Waals surface area contributed by atoms with E-state index in [9.17, 15) is 33.4 Å². The van der Waals surface area contributed by atoms with Gasteiger partial charge < -0.3 is 4.74 Å². The zero-order valence-corrected chi connectivity index (χ0v) is 8.51. The van der Waals surface area contributed by atoms with Crippen LogP contribution in [-0.4, -0.2) is 22.6 Å². The van der Waals surface area contributed by atoms with E-state index < -0.39 is 39.8 Å². The largest absolute Gasteiger partial charge is 0.472 e. The first-order chi connectivity index (χ1) is 8.22. The van der Waals surface area contributed by atoms with Crippen molar-refractivity contribution in [3.63, 3.8) is 0 Å². The normalized spacial score (nSPS) is 11.1. The van der Waals surface area contributed by atoms with E-state index in [2.05, 4.69) is 4.74 Å². The number of para-hydroxylation sites is 1. The van der Waals surface area contributed by atoms with Crippen molar-refractivity contribution in [3.05, 3.63) is 38.4 Å². The number of rotatable bonds is 4. The monoisotopic (exact) mass is 266 g/mol. The molecule has 18 heavy (non-hydrogen) atoms. The second-order valence-corrected chi connectivity index (χ2v) is 3.04. The number of benzene rings is 1. The Balaban J connectivity index is 3.19. The molecule has 0 atom stereocenters. The Bertz CT molecular complexity index is 456. The third-order valence-electron chi connectivity index (χ3n) is 1.75. The van der Waals surface area contributed by atoms with Gasteiger partial charge in [0.15, 0.2) is 6.61 Å². The van der Waals surface area contributed by atoms with Gasteiger partial charge in [-0.3, -0.25) is 20.2 Å². The molecule has 0 heterocycles. The second kappa shape index (κ2) is 4.85. The average Bonchev–Trinajstić information content (AvgIpc) is 2.24. The van der Waals surface area contributed by atoms with Crippen molar-refractivity contribution in [2.75, 3.05) is 6.61 Å². The summed E-state index contributed by atoms with van der Waals surface area (Å²) in [5.74, 6) is -1.01. The van der Waals surface area contributed by atoms with Crippen LogP contribution in [0.1, 0.15) is 0 Å². The summed E-state index contributed by atoms with van der Waals surface area (Å²) in [6, 6.07) is 2.62. The predicted octanol–water partition coefficient (Wildman–Crippen LogP) is 2.44. The minimum Gasteiger partial charge on any atom is -0.472 e. The van der Waals surface area contributed by atoms with E-state index in [0.29, 0.717) is 0 Å². The molecule has 7 nitrogen and oxygen atoms in total. The van der Waals surface area contributed by atoms with E-state index in [1.54, 1.807) is 0 Å². The molecule has 0 aliphatic carbocycles. The maximum atomic E-state index is 11.9. The molecule has 98 valence electrons. The minimum absolute atomic E-state index is 0.818. The highest BCUT2D eigenvalue weighted by molar-refractivity contribution is 5.59. The fourth-order valence-electron chi connectivity index (χ4n) is 1.10. The lowest BCUT2D eigenvalue weighted by Gasteiger charge is -2.09. The summed E-state index contributed by atoms with van der Waals surface area (Å²) >= 11 is 0. The van der Waals surface area contributed by atoms with Crippen molar-refractivity contribution in [1.29, 1.82) is 0 Å². The van der Waals surface area contributed by atoms with Crippen molar-refractivity contribution in [2.24, 2.45) is 0 Å². The smallest absolute Gasteiger partial charge is 0.422 e. The Morgan fingerprint density at radius 3 is 1.89 bits per heavy atom. The standard InChI is InChI=1S/C8H5F3N2O5/c9-8(10,11)4-18-7-5(12(14)15)2-1-3-6(7)13(16)17/h1-3H,4H2. The number of hydrogen-bond donors (Lipinski definition) is 0. The quantitative estimate of drug-likeness (QED) is 0.616. The van der Waals surface area contributed by atoms with E-state index in [1.165, 1.54) is 0 Å². The molecule has 1 aromatic carbocycles. The van der Waals surface area contributed by atoms with Gasteiger partial charge >= 0.3 is 17.6 Å². The maximum Gasteiger partial charge on any atom is 0.422 e. The molecule has 0 unspecified atom stereocenters. The summed E-state index contributed by atoms with van der Waals surface area (Å²) in [4.78, 5) is 19.0. The molecule has 0 aromatic heterocycles. The molecule has 1 rings (SSSR count). The summed E-state index contributed by atoms with van der Waals surface area (Å²) < 4.78 is 40.0. The Morgan fingerprint density at radius 1 is 1.11 bits per heavy atom. The molecule has 0 saturated carbocycles. The van der Waals surface area contributed by atoms with Gasteiger partial charge in [0.2, 0.25) is 0 Å². The Kier molecular flexibility index (Phi) is 3.69. The topological polar surface area (TPSA) is 95.5 Å². The van der Waals surface area contributed by atoms with Crippen LogP contribution < -0.4 is 4.74 Å². The Hall–Kier alpha value is -2.39. The highest BCUT2D eigenvalue weighted by Crippen LogP contribution is 2.37. The molecule has 10 heteroatoms. The van der Waals surface area contributed by atoms with Gasteiger partial charge in [0.1, 0.15) is 0 Å². The third kappa shape index (κ3) is 3.30. The van der Waals surface area contributed by atoms with Crippen LogP contribution in [-0.2, 0) is 0 Å². The number of nitro benzene ring substituents is 2. The van der Waals surface area contributed by atoms with Gasteiger partial charge in [-0.1, -0.05) is 0 Å². The molecule has 0 spiro atoms. The number of ether oxygens (including phenoxy) is 1. The van der Waals surface area contributed by atoms with Gasteiger partial charge in [0.05, 0.1) is 9.85 Å². The van der Waals surface area contributed by atoms with Crippen LogP contribution in [0.25, 0.3) is 0 Å². The maximum absolute atomic E-state index is 11.9. The van der Waals surface area contributed by atoms with Gasteiger partial charge in [0.25, 0.3) is 5.75 Å². The molecule has 0 saturated heterocycles. The molecule has 0 aliphatic rings. The molecule has 0 N–H and O–H groups in total. The second-order valence-electron chi connectivity index (χ2n) is 3.04. The first-order valence-electron chi connectivity index (χ1n) is 4.33. The highest BCUT2D eigenvalue weighted by Gasteiger charge is 2.33. The first-order valence-corrected chi connectivity index (χ1v) is 4.33. The van der Waals surface area contributed by atoms with Crippen molar-refractivity contribution >= 4 is 11.4 Å². The molecule has 0 fully saturated rings. The summed E-state index contributed by atoms with van der Waals surface area (Å²) in [5.41, 5.74) is -1.79. The van der Waals surface area contributed by atoms with Crippen LogP contribution in [0.4, 0.5) is 24.5 Å². The fourth-order valence-corrected chi connectivity index (χ4v) is 1.10. The first kappa shape index (κ1) is 13.7. The summed E-state index contributed by atoms with van der Waals surface area (Å²) in [5, 5.41) is 21.1. The SMILES string of the molecule is O=[N+]([O-])c1cccc([N+](=O)[O-])c1OCC(F)(F)F. The van der Waals surface area contributed by atoms with Gasteiger partial charge in [-0.25, -0.2) is 0 Å². The van der Waals surface area contributed by atoms with Crippen LogP contribution >= 0.6 is 0 Å². The Labute approximate surface area is 97.1 Å². The van der Waals surface area contributed by atoms with Crippen LogP contribution in [0.2, 0.25) is 0 Å². The summed E-state index contributed by atoms with van der Waals surface area (Å²) in [6.07, 6.45) is -4.75. The number of nitrogens with zero attached hydrogens (tertiary/aromatic N) is 2. The predicted molar refractivity (Wildman–Crippen MR) is 51.3 cm³/mol. The molecule has 1 aromatic rings. The highest BCUT2D eigenvalue weighted by atomic mass is 19.4. The molecule has 0 amide bonds. The van der Waals surface area contributed by atoms with E-state index >= 15 is 0 Å². The van der Waals surface area contributed by atoms with Crippen molar-refractivity contribution in [3.8, 4) is 5.75 Å². The zero-order chi connectivity index (χ0) is 13.9. The van der Waals surface area contributed by atoms with Crippen LogP contribution in [0.15, 0.2) is 18.2 Å². The summed E-state index contributed by atoms with van der Waals surface area (Å²) in [6.45, 7) is -1.85. The molecule has 0 bridgehead atoms. The van der Waals surface area contributed by atoms with Crippen LogP contribution in [0.5, 0.6) is 5.75 Å². The fraction of sp³-hybridized carbons (Fsp3) is 0.250. The van der Waals surface area contributed by atoms with Gasteiger partial charge in [0, 0.05) is 12.1 Å². The number of nitro groups is 2. The lowest BCUT2D eigenvalue weighted by molar-refractivity contribution is -0.396. The van der Waals surface area contributed by atoms with Gasteiger partial charge in [-0.2, -0.15) is 13.2 Å². The molecular formula is C8H5F3N2O5. The minimum atomic E-state index is -4.75. The Morgan fingerprint density at radius 2 is 1.56 bits per heavy atom. The van der Waals surface area contributed by atoms with Crippen LogP contribution in [0, 0.1) is 20.2 Å². The lowest BCUT2D eigenvalue weighted by atomic mass is 10.2. The third-order valence-corrected chi connectivity index (χ3v) is 1.75. The zero-order valence-electron chi connectivity index (χ0n) is 8.51. The number of halogens is 3. The number of hydrogen-bond acceptors (Lipinski definition) is 5. The van der Waals surface area contributed by atoms with Crippen molar-refractivity contribution in [1.82, 2.24) is 0 Å². The molecular weight excluding hydrogens is 261 g/mol. The van der Waals surface area contributed by atoms with Gasteiger partial charge in [-0.15, -0.1) is 0 Å². The molecule has 0 aliphatic heterocycles. The van der Waals surface area contributed by atoms with E-state index in [1.807, 2.05) is 0 Å². The van der Waals surface area contributed by atoms with E-state index in [0.717, 1.165) is 18.2 Å². The molecule has 0 radical (unpaired) electrons. The lowest BCUT2D eigenvalue weighted by Crippen LogP contribution is -2.20. The van der Waals surface area contributed by atoms with E-state index in [4.69, 9.17) is 0 Å². The van der Waals surface area contributed by atoms with E-state index in [-0.39, 0.29) is 0 Å². The van der Waals surface area contributed by atoms with Crippen LogP contribution in [0.3, 0.4) is 0 Å². The number of alkyl halides is 3. The van der Waals surface area contributed by atoms with Crippen molar-refractivity contribution < 1.29 is 27.8 Å². The summed E-state index contributed by atoms with van der Waals surface area (Å²) in [7, 11) is 0.